The predicted molar refractivity (Wildman–Crippen MR) is 188 cm³/mol. The number of nitrogens with zero attached hydrogens (tertiary/aromatic N) is 2. The van der Waals surface area contributed by atoms with E-state index in [1.54, 1.807) is 23.3 Å². The first kappa shape index (κ1) is 43.5. The Morgan fingerprint density at radius 2 is 1.98 bits per heavy atom. The molecule has 0 aromatic carbocycles. The summed E-state index contributed by atoms with van der Waals surface area (Å²) in [5.41, 5.74) is 5.51. The molecule has 13 heteroatoms. The van der Waals surface area contributed by atoms with E-state index in [0.29, 0.717) is 19.5 Å². The quantitative estimate of drug-likeness (QED) is 0.0902. The summed E-state index contributed by atoms with van der Waals surface area (Å²) in [6, 6.07) is 1.12. The average molecular weight is 686 g/mol. The van der Waals surface area contributed by atoms with Crippen LogP contribution in [0.1, 0.15) is 91.9 Å². The van der Waals surface area contributed by atoms with Crippen LogP contribution in [0.4, 0.5) is 0 Å². The van der Waals surface area contributed by atoms with E-state index in [-0.39, 0.29) is 35.9 Å². The van der Waals surface area contributed by atoms with Crippen molar-refractivity contribution in [2.45, 2.75) is 117 Å². The molecule has 1 fully saturated rings. The zero-order valence-corrected chi connectivity index (χ0v) is 30.8. The van der Waals surface area contributed by atoms with E-state index in [9.17, 15) is 18.6 Å². The summed E-state index contributed by atoms with van der Waals surface area (Å²) < 4.78 is 19.8. The van der Waals surface area contributed by atoms with Crippen molar-refractivity contribution in [3.63, 3.8) is 0 Å². The number of unbranched alkanes of at least 4 members (excludes halogenated alkanes) is 3. The van der Waals surface area contributed by atoms with Crippen LogP contribution in [-0.4, -0.2) is 88.0 Å². The molecule has 0 spiro atoms. The van der Waals surface area contributed by atoms with E-state index >= 15 is 0 Å². The van der Waals surface area contributed by atoms with E-state index in [1.165, 1.54) is 30.4 Å². The van der Waals surface area contributed by atoms with Crippen LogP contribution in [0.3, 0.4) is 0 Å². The fraction of sp³-hybridized carbons (Fsp3) is 0.697. The van der Waals surface area contributed by atoms with Crippen molar-refractivity contribution in [1.82, 2.24) is 14.5 Å². The Kier molecular flexibility index (Phi) is 22.5. The lowest BCUT2D eigenvalue weighted by Crippen LogP contribution is -2.41. The SMILES string of the molecule is CC.CCCCC/C=C\C(C)C(N)C(=O)O.CO[C@H](CN1Cc2sccc2S1=O)C(C)(C)C.N=C[C@@H]1CCCN1C(=O)CNC=O. The summed E-state index contributed by atoms with van der Waals surface area (Å²) in [5, 5.41) is 20.1. The third-order valence-corrected chi connectivity index (χ3v) is 10.0. The molecule has 46 heavy (non-hydrogen) atoms. The smallest absolute Gasteiger partial charge is 0.321 e. The van der Waals surface area contributed by atoms with Gasteiger partial charge in [0.05, 0.1) is 23.6 Å². The van der Waals surface area contributed by atoms with Gasteiger partial charge < -0.3 is 31.2 Å². The van der Waals surface area contributed by atoms with Gasteiger partial charge in [0.25, 0.3) is 0 Å². The van der Waals surface area contributed by atoms with Gasteiger partial charge in [0.15, 0.2) is 0 Å². The summed E-state index contributed by atoms with van der Waals surface area (Å²) in [4.78, 5) is 35.7. The lowest BCUT2D eigenvalue weighted by molar-refractivity contribution is -0.139. The Morgan fingerprint density at radius 1 is 1.30 bits per heavy atom. The second kappa shape index (κ2) is 23.8. The first-order valence-electron chi connectivity index (χ1n) is 16.2. The molecule has 0 aliphatic carbocycles. The summed E-state index contributed by atoms with van der Waals surface area (Å²) in [6.45, 7) is 16.7. The number of ether oxygens (including phenoxy) is 1. The van der Waals surface area contributed by atoms with Gasteiger partial charge in [-0.1, -0.05) is 73.5 Å². The normalized spacial score (nSPS) is 19.3. The van der Waals surface area contributed by atoms with Crippen LogP contribution in [0.5, 0.6) is 0 Å². The fourth-order valence-electron chi connectivity index (χ4n) is 4.65. The Hall–Kier alpha value is -2.45. The molecular weight excluding hydrogens is 627 g/mol. The Morgan fingerprint density at radius 3 is 2.50 bits per heavy atom. The van der Waals surface area contributed by atoms with Gasteiger partial charge >= 0.3 is 5.97 Å². The molecule has 11 nitrogen and oxygen atoms in total. The number of nitrogens with one attached hydrogen (secondary N) is 2. The van der Waals surface area contributed by atoms with E-state index < -0.39 is 23.0 Å². The Labute approximate surface area is 283 Å². The average Bonchev–Trinajstić information content (AvgIpc) is 3.77. The van der Waals surface area contributed by atoms with E-state index in [1.807, 2.05) is 48.7 Å². The van der Waals surface area contributed by atoms with Crippen molar-refractivity contribution in [3.05, 3.63) is 28.5 Å². The minimum absolute atomic E-state index is 0.0356. The molecule has 2 aliphatic heterocycles. The number of thiophene rings is 1. The van der Waals surface area contributed by atoms with Crippen LogP contribution >= 0.6 is 11.3 Å². The van der Waals surface area contributed by atoms with Crippen LogP contribution in [0.15, 0.2) is 28.5 Å². The highest BCUT2D eigenvalue weighted by Crippen LogP contribution is 2.33. The van der Waals surface area contributed by atoms with E-state index in [4.69, 9.17) is 21.0 Å². The Bertz CT molecular complexity index is 1090. The van der Waals surface area contributed by atoms with Gasteiger partial charge in [-0.3, -0.25) is 14.4 Å². The second-order valence-electron chi connectivity index (χ2n) is 12.0. The first-order chi connectivity index (χ1) is 21.8. The van der Waals surface area contributed by atoms with Crippen molar-refractivity contribution in [3.8, 4) is 0 Å². The largest absolute Gasteiger partial charge is 0.480 e. The van der Waals surface area contributed by atoms with Gasteiger partial charge in [-0.25, -0.2) is 8.51 Å². The van der Waals surface area contributed by atoms with Crippen LogP contribution in [0, 0.1) is 16.7 Å². The predicted octanol–water partition coefficient (Wildman–Crippen LogP) is 5.22. The van der Waals surface area contributed by atoms with Gasteiger partial charge in [-0.15, -0.1) is 11.3 Å². The number of rotatable bonds is 14. The molecule has 3 unspecified atom stereocenters. The molecule has 5 N–H and O–H groups in total. The highest BCUT2D eigenvalue weighted by atomic mass is 32.2. The number of methoxy groups -OCH3 is 1. The van der Waals surface area contributed by atoms with Crippen LogP contribution in [0.25, 0.3) is 0 Å². The zero-order chi connectivity index (χ0) is 35.3. The van der Waals surface area contributed by atoms with Crippen LogP contribution in [-0.2, 0) is 36.7 Å². The lowest BCUT2D eigenvalue weighted by atomic mass is 9.89. The van der Waals surface area contributed by atoms with Crippen molar-refractivity contribution in [2.24, 2.45) is 17.1 Å². The van der Waals surface area contributed by atoms with Crippen molar-refractivity contribution in [2.75, 3.05) is 26.7 Å². The number of carbonyl (C=O) groups is 3. The molecule has 3 heterocycles. The van der Waals surface area contributed by atoms with Gasteiger partial charge in [-0.05, 0) is 48.5 Å². The summed E-state index contributed by atoms with van der Waals surface area (Å²) in [6.07, 6.45) is 12.2. The second-order valence-corrected chi connectivity index (χ2v) is 14.4. The van der Waals surface area contributed by atoms with Crippen LogP contribution < -0.4 is 11.1 Å². The number of carboxylic acid groups (broad SMARTS) is 1. The maximum atomic E-state index is 12.2. The number of hydrogen-bond donors (Lipinski definition) is 4. The number of carbonyl (C=O) groups excluding carboxylic acids is 2. The maximum absolute atomic E-state index is 12.2. The van der Waals surface area contributed by atoms with Crippen molar-refractivity contribution < 1.29 is 28.4 Å². The molecule has 2 amide bonds. The molecule has 0 saturated carbocycles. The minimum atomic E-state index is -0.998. The van der Waals surface area contributed by atoms with Crippen LogP contribution in [0.2, 0.25) is 0 Å². The number of nitrogens with two attached hydrogens (primary N) is 1. The van der Waals surface area contributed by atoms with Gasteiger partial charge in [0, 0.05) is 37.8 Å². The van der Waals surface area contributed by atoms with Gasteiger partial charge in [0.2, 0.25) is 12.3 Å². The number of aliphatic carboxylic acids is 1. The number of likely N-dealkylation sites (tertiary alicyclic amines) is 1. The van der Waals surface area contributed by atoms with E-state index in [0.717, 1.165) is 30.7 Å². The molecule has 1 aromatic heterocycles. The molecule has 0 radical (unpaired) electrons. The van der Waals surface area contributed by atoms with Gasteiger partial charge in [-0.2, -0.15) is 0 Å². The molecule has 264 valence electrons. The molecule has 1 saturated heterocycles. The van der Waals surface area contributed by atoms with Gasteiger partial charge in [0.1, 0.15) is 17.0 Å². The maximum Gasteiger partial charge on any atom is 0.321 e. The number of amides is 2. The summed E-state index contributed by atoms with van der Waals surface area (Å²) in [5.74, 6) is -1.14. The first-order valence-corrected chi connectivity index (χ1v) is 18.2. The molecule has 0 bridgehead atoms. The molecule has 5 atom stereocenters. The lowest BCUT2D eigenvalue weighted by Gasteiger charge is -2.31. The minimum Gasteiger partial charge on any atom is -0.480 e. The standard InChI is InChI=1S/C12H19NO2S2.C11H21NO2.C8H13N3O2.C2H6/c1-12(2,3)11(15-4)8-13-7-9-10(17(13)14)5-6-16-9;1-3-4-5-6-7-8-9(2)10(12)11(13)14;9-4-7-2-1-3-11(7)8(13)5-10-6-12;1-2/h5-6,11H,7-8H2,1-4H3;7-10H,3-6,12H2,1-2H3,(H,13,14);4,6-7,9H,1-3,5H2,(H,10,12);1-2H3/b;8-7-;;/t11-,17?;;7-;/m1.0./s1. The number of carboxylic acids is 1. The molecule has 1 aromatic rings. The number of allylic oxidation sites excluding steroid dienone is 1. The topological polar surface area (TPSA) is 166 Å². The summed E-state index contributed by atoms with van der Waals surface area (Å²) >= 11 is 1.69. The highest BCUT2D eigenvalue weighted by molar-refractivity contribution is 7.83. The van der Waals surface area contributed by atoms with Crippen molar-refractivity contribution >= 4 is 46.8 Å². The zero-order valence-electron chi connectivity index (χ0n) is 29.1. The number of hydrogen-bond acceptors (Lipinski definition) is 8. The monoisotopic (exact) mass is 685 g/mol. The molecule has 2 aliphatic rings. The van der Waals surface area contributed by atoms with E-state index in [2.05, 4.69) is 33.0 Å². The summed E-state index contributed by atoms with van der Waals surface area (Å²) in [7, 11) is 0.729. The fourth-order valence-corrected chi connectivity index (χ4v) is 7.20. The third kappa shape index (κ3) is 15.4. The Balaban J connectivity index is 0.000000650. The molecule has 3 rings (SSSR count). The highest BCUT2D eigenvalue weighted by Gasteiger charge is 2.34. The van der Waals surface area contributed by atoms with Crippen molar-refractivity contribution in [1.29, 1.82) is 5.41 Å². The third-order valence-electron chi connectivity index (χ3n) is 7.48. The molecular formula is C33H59N5O6S2. The number of fused-ring (bicyclic) bond motifs is 1.